The van der Waals surface area contributed by atoms with Crippen LogP contribution in [0, 0.1) is 6.92 Å². The third kappa shape index (κ3) is 5.33. The van der Waals surface area contributed by atoms with Crippen molar-refractivity contribution in [3.05, 3.63) is 83.4 Å². The van der Waals surface area contributed by atoms with Gasteiger partial charge in [-0.1, -0.05) is 42.5 Å². The number of thiophene rings is 1. The standard InChI is InChI=1S/C26H28N4OS2/c1-17-5-3-4-6-21(17)25-22-15-19(9-13-23(22)33-26(25)32-2)16-31-20-11-7-18(8-12-20)10-14-24(29-27)30-28/h3-9,11-13,15H,10,14,16,27-28H2,1-2H3,(H,29,30). The van der Waals surface area contributed by atoms with Crippen LogP contribution in [0.4, 0.5) is 0 Å². The number of hydrogen-bond donors (Lipinski definition) is 3. The molecule has 1 heterocycles. The van der Waals surface area contributed by atoms with Gasteiger partial charge in [0.05, 0.1) is 4.21 Å². The minimum Gasteiger partial charge on any atom is -0.489 e. The number of ether oxygens (including phenoxy) is 1. The van der Waals surface area contributed by atoms with E-state index in [2.05, 4.69) is 78.3 Å². The van der Waals surface area contributed by atoms with Crippen molar-refractivity contribution >= 4 is 39.0 Å². The third-order valence-electron chi connectivity index (χ3n) is 5.62. The molecule has 0 saturated heterocycles. The molecular formula is C26H28N4OS2. The van der Waals surface area contributed by atoms with E-state index in [1.807, 2.05) is 35.2 Å². The molecule has 5 nitrogen and oxygen atoms in total. The van der Waals surface area contributed by atoms with Crippen molar-refractivity contribution in [3.63, 3.8) is 0 Å². The highest BCUT2D eigenvalue weighted by Crippen LogP contribution is 2.44. The fraction of sp³-hybridized carbons (Fsp3) is 0.192. The topological polar surface area (TPSA) is 85.7 Å². The molecule has 0 unspecified atom stereocenters. The molecule has 33 heavy (non-hydrogen) atoms. The first-order chi connectivity index (χ1) is 16.1. The van der Waals surface area contributed by atoms with Crippen molar-refractivity contribution < 1.29 is 4.74 Å². The Morgan fingerprint density at radius 3 is 2.52 bits per heavy atom. The molecule has 0 fully saturated rings. The Hall–Kier alpha value is -3.00. The summed E-state index contributed by atoms with van der Waals surface area (Å²) >= 11 is 3.67. The lowest BCUT2D eigenvalue weighted by Gasteiger charge is -2.10. The van der Waals surface area contributed by atoms with Crippen LogP contribution in [0.2, 0.25) is 0 Å². The van der Waals surface area contributed by atoms with Crippen molar-refractivity contribution in [3.8, 4) is 16.9 Å². The second-order valence-corrected chi connectivity index (χ2v) is 9.89. The van der Waals surface area contributed by atoms with Crippen molar-refractivity contribution in [2.75, 3.05) is 6.26 Å². The minimum absolute atomic E-state index is 0.522. The summed E-state index contributed by atoms with van der Waals surface area (Å²) in [6.07, 6.45) is 3.61. The van der Waals surface area contributed by atoms with E-state index in [0.29, 0.717) is 18.9 Å². The van der Waals surface area contributed by atoms with Crippen molar-refractivity contribution in [1.82, 2.24) is 5.43 Å². The monoisotopic (exact) mass is 476 g/mol. The number of nitrogens with one attached hydrogen (secondary N) is 1. The first-order valence-electron chi connectivity index (χ1n) is 10.7. The summed E-state index contributed by atoms with van der Waals surface area (Å²) in [6, 6.07) is 23.4. The lowest BCUT2D eigenvalue weighted by atomic mass is 9.99. The highest BCUT2D eigenvalue weighted by molar-refractivity contribution is 8.00. The number of hydrazine groups is 1. The lowest BCUT2D eigenvalue weighted by molar-refractivity contribution is 0.306. The van der Waals surface area contributed by atoms with Gasteiger partial charge in [-0.15, -0.1) is 23.1 Å². The van der Waals surface area contributed by atoms with Gasteiger partial charge in [-0.05, 0) is 66.1 Å². The van der Waals surface area contributed by atoms with Crippen LogP contribution in [0.3, 0.4) is 0 Å². The molecule has 0 aliphatic rings. The summed E-state index contributed by atoms with van der Waals surface area (Å²) < 4.78 is 8.74. The van der Waals surface area contributed by atoms with Crippen molar-refractivity contribution in [1.29, 1.82) is 0 Å². The summed E-state index contributed by atoms with van der Waals surface area (Å²) in [5.74, 6) is 12.1. The number of nitrogens with two attached hydrogens (primary N) is 2. The van der Waals surface area contributed by atoms with Crippen molar-refractivity contribution in [2.45, 2.75) is 30.6 Å². The Kier molecular flexibility index (Phi) is 7.54. The number of rotatable bonds is 8. The van der Waals surface area contributed by atoms with Crippen LogP contribution in [-0.2, 0) is 13.0 Å². The maximum absolute atomic E-state index is 6.09. The number of nitrogens with zero attached hydrogens (tertiary/aromatic N) is 1. The van der Waals surface area contributed by atoms with Crippen LogP contribution in [-0.4, -0.2) is 12.1 Å². The smallest absolute Gasteiger partial charge is 0.136 e. The van der Waals surface area contributed by atoms with Crippen LogP contribution in [0.15, 0.2) is 76.0 Å². The highest BCUT2D eigenvalue weighted by Gasteiger charge is 2.15. The molecule has 4 aromatic rings. The molecule has 0 aliphatic carbocycles. The van der Waals surface area contributed by atoms with Crippen LogP contribution >= 0.6 is 23.1 Å². The predicted molar refractivity (Wildman–Crippen MR) is 142 cm³/mol. The lowest BCUT2D eigenvalue weighted by Crippen LogP contribution is -2.31. The molecule has 0 bridgehead atoms. The van der Waals surface area contributed by atoms with Crippen LogP contribution in [0.1, 0.15) is 23.1 Å². The average Bonchev–Trinajstić information content (AvgIpc) is 3.22. The SMILES string of the molecule is CSc1sc2ccc(COc3ccc(CC/C(=N/N)NN)cc3)cc2c1-c1ccccc1C. The second kappa shape index (κ2) is 10.7. The Morgan fingerprint density at radius 1 is 1.06 bits per heavy atom. The van der Waals surface area contributed by atoms with Gasteiger partial charge >= 0.3 is 0 Å². The predicted octanol–water partition coefficient (Wildman–Crippen LogP) is 5.85. The molecule has 0 amide bonds. The number of hydrogen-bond acceptors (Lipinski definition) is 6. The van der Waals surface area contributed by atoms with Gasteiger partial charge < -0.3 is 16.0 Å². The van der Waals surface area contributed by atoms with Crippen LogP contribution in [0.5, 0.6) is 5.75 Å². The van der Waals surface area contributed by atoms with E-state index in [-0.39, 0.29) is 0 Å². The normalized spacial score (nSPS) is 11.7. The zero-order valence-corrected chi connectivity index (χ0v) is 20.4. The van der Waals surface area contributed by atoms with E-state index in [1.165, 1.54) is 36.5 Å². The van der Waals surface area contributed by atoms with Gasteiger partial charge in [0.2, 0.25) is 0 Å². The second-order valence-electron chi connectivity index (χ2n) is 7.77. The van der Waals surface area contributed by atoms with Gasteiger partial charge in [-0.2, -0.15) is 5.10 Å². The van der Waals surface area contributed by atoms with Gasteiger partial charge in [0.25, 0.3) is 0 Å². The van der Waals surface area contributed by atoms with E-state index in [1.54, 1.807) is 0 Å². The molecule has 0 radical (unpaired) electrons. The fourth-order valence-electron chi connectivity index (χ4n) is 3.82. The summed E-state index contributed by atoms with van der Waals surface area (Å²) in [5, 5.41) is 4.91. The molecule has 0 atom stereocenters. The van der Waals surface area contributed by atoms with E-state index in [0.717, 1.165) is 17.7 Å². The third-order valence-corrected chi connectivity index (χ3v) is 7.91. The Balaban J connectivity index is 1.51. The Labute approximate surface area is 202 Å². The quantitative estimate of drug-likeness (QED) is 0.0977. The molecule has 5 N–H and O–H groups in total. The number of thioether (sulfide) groups is 1. The van der Waals surface area contributed by atoms with Gasteiger partial charge in [-0.25, -0.2) is 5.84 Å². The van der Waals surface area contributed by atoms with E-state index in [9.17, 15) is 0 Å². The fourth-order valence-corrected chi connectivity index (χ4v) is 5.78. The Morgan fingerprint density at radius 2 is 1.82 bits per heavy atom. The number of aryl methyl sites for hydroxylation is 2. The van der Waals surface area contributed by atoms with Gasteiger partial charge in [0.15, 0.2) is 0 Å². The molecule has 0 aliphatic heterocycles. The van der Waals surface area contributed by atoms with Gasteiger partial charge in [0.1, 0.15) is 18.2 Å². The molecule has 0 saturated carbocycles. The Bertz CT molecular complexity index is 1270. The maximum Gasteiger partial charge on any atom is 0.136 e. The number of fused-ring (bicyclic) bond motifs is 1. The molecule has 4 rings (SSSR count). The largest absolute Gasteiger partial charge is 0.489 e. The summed E-state index contributed by atoms with van der Waals surface area (Å²) in [6.45, 7) is 2.70. The molecular weight excluding hydrogens is 448 g/mol. The number of benzene rings is 3. The van der Waals surface area contributed by atoms with Crippen molar-refractivity contribution in [2.24, 2.45) is 16.8 Å². The highest BCUT2D eigenvalue weighted by atomic mass is 32.2. The molecule has 0 spiro atoms. The van der Waals surface area contributed by atoms with Gasteiger partial charge in [-0.3, -0.25) is 0 Å². The summed E-state index contributed by atoms with van der Waals surface area (Å²) in [5.41, 5.74) is 8.76. The summed E-state index contributed by atoms with van der Waals surface area (Å²) in [4.78, 5) is 0. The first kappa shape index (κ1) is 23.2. The maximum atomic E-state index is 6.09. The summed E-state index contributed by atoms with van der Waals surface area (Å²) in [7, 11) is 0. The zero-order chi connectivity index (χ0) is 23.2. The van der Waals surface area contributed by atoms with Gasteiger partial charge in [0, 0.05) is 22.1 Å². The number of amidine groups is 1. The average molecular weight is 477 g/mol. The van der Waals surface area contributed by atoms with E-state index < -0.39 is 0 Å². The minimum atomic E-state index is 0.522. The number of hydrazone groups is 1. The van der Waals surface area contributed by atoms with E-state index in [4.69, 9.17) is 16.4 Å². The molecule has 1 aromatic heterocycles. The first-order valence-corrected chi connectivity index (χ1v) is 12.8. The molecule has 7 heteroatoms. The van der Waals surface area contributed by atoms with Crippen LogP contribution < -0.4 is 21.8 Å². The molecule has 3 aromatic carbocycles. The zero-order valence-electron chi connectivity index (χ0n) is 18.8. The molecule has 170 valence electrons. The van der Waals surface area contributed by atoms with E-state index >= 15 is 0 Å². The van der Waals surface area contributed by atoms with Crippen LogP contribution in [0.25, 0.3) is 21.2 Å².